The van der Waals surface area contributed by atoms with E-state index in [9.17, 15) is 4.79 Å². The predicted octanol–water partition coefficient (Wildman–Crippen LogP) is 2.50. The van der Waals surface area contributed by atoms with Gasteiger partial charge in [-0.3, -0.25) is 14.6 Å². The number of hydrogen-bond acceptors (Lipinski definition) is 5. The summed E-state index contributed by atoms with van der Waals surface area (Å²) in [5.74, 6) is 1.11. The summed E-state index contributed by atoms with van der Waals surface area (Å²) in [5.41, 5.74) is 1.30. The second-order valence-corrected chi connectivity index (χ2v) is 6.87. The summed E-state index contributed by atoms with van der Waals surface area (Å²) >= 11 is 3.60. The second-order valence-electron chi connectivity index (χ2n) is 6.01. The highest BCUT2D eigenvalue weighted by Gasteiger charge is 2.20. The molecule has 2 aromatic rings. The number of nitrogens with one attached hydrogen (secondary N) is 1. The Morgan fingerprint density at radius 2 is 1.96 bits per heavy atom. The molecule has 24 heavy (non-hydrogen) atoms. The number of carbonyl (C=O) groups excluding carboxylic acids is 1. The Balaban J connectivity index is 1.43. The Morgan fingerprint density at radius 3 is 2.62 bits per heavy atom. The van der Waals surface area contributed by atoms with Crippen molar-refractivity contribution in [3.05, 3.63) is 46.1 Å². The van der Waals surface area contributed by atoms with Crippen LogP contribution >= 0.6 is 15.9 Å². The second kappa shape index (κ2) is 7.92. The van der Waals surface area contributed by atoms with E-state index >= 15 is 0 Å². The number of amides is 1. The normalized spacial score (nSPS) is 16.2. The molecule has 0 unspecified atom stereocenters. The minimum absolute atomic E-state index is 0.0532. The van der Waals surface area contributed by atoms with E-state index in [-0.39, 0.29) is 5.91 Å². The molecule has 1 amide bonds. The summed E-state index contributed by atoms with van der Waals surface area (Å²) in [6, 6.07) is 10.0. The molecule has 1 aliphatic heterocycles. The number of carbonyl (C=O) groups is 1. The van der Waals surface area contributed by atoms with Crippen LogP contribution in [0.4, 0.5) is 5.82 Å². The van der Waals surface area contributed by atoms with Crippen LogP contribution in [-0.2, 0) is 11.3 Å². The highest BCUT2D eigenvalue weighted by Crippen LogP contribution is 2.18. The third-order valence-corrected chi connectivity index (χ3v) is 4.85. The molecule has 0 saturated carbocycles. The number of hydrogen-bond donors (Lipinski definition) is 1. The average molecular weight is 393 g/mol. The summed E-state index contributed by atoms with van der Waals surface area (Å²) in [7, 11) is 0. The first-order chi connectivity index (χ1) is 11.6. The fourth-order valence-corrected chi connectivity index (χ4v) is 3.19. The zero-order valence-electron chi connectivity index (χ0n) is 13.7. The third kappa shape index (κ3) is 4.66. The highest BCUT2D eigenvalue weighted by atomic mass is 79.9. The van der Waals surface area contributed by atoms with Gasteiger partial charge >= 0.3 is 0 Å². The summed E-state index contributed by atoms with van der Waals surface area (Å²) in [5, 5.41) is 6.54. The molecule has 128 valence electrons. The molecule has 6 nitrogen and oxygen atoms in total. The number of rotatable bonds is 5. The number of nitrogens with zero attached hydrogens (tertiary/aromatic N) is 3. The van der Waals surface area contributed by atoms with Crippen LogP contribution in [0.1, 0.15) is 11.3 Å². The molecule has 2 heterocycles. The van der Waals surface area contributed by atoms with Crippen LogP contribution in [0.15, 0.2) is 39.3 Å². The lowest BCUT2D eigenvalue weighted by atomic mass is 10.2. The predicted molar refractivity (Wildman–Crippen MR) is 95.7 cm³/mol. The fraction of sp³-hybridized carbons (Fsp3) is 0.412. The van der Waals surface area contributed by atoms with E-state index in [4.69, 9.17) is 4.52 Å². The van der Waals surface area contributed by atoms with Crippen molar-refractivity contribution in [1.29, 1.82) is 0 Å². The monoisotopic (exact) mass is 392 g/mol. The van der Waals surface area contributed by atoms with E-state index in [0.29, 0.717) is 18.1 Å². The van der Waals surface area contributed by atoms with Crippen molar-refractivity contribution in [2.24, 2.45) is 0 Å². The molecule has 0 aliphatic carbocycles. The van der Waals surface area contributed by atoms with Gasteiger partial charge in [0.25, 0.3) is 0 Å². The van der Waals surface area contributed by atoms with Crippen LogP contribution in [0.25, 0.3) is 0 Å². The Morgan fingerprint density at radius 1 is 1.25 bits per heavy atom. The molecule has 0 radical (unpaired) electrons. The van der Waals surface area contributed by atoms with Crippen molar-refractivity contribution >= 4 is 27.7 Å². The molecular formula is C17H21BrN4O2. The third-order valence-electron chi connectivity index (χ3n) is 4.08. The zero-order chi connectivity index (χ0) is 16.9. The Labute approximate surface area is 149 Å². The van der Waals surface area contributed by atoms with Crippen LogP contribution in [0.5, 0.6) is 0 Å². The van der Waals surface area contributed by atoms with Gasteiger partial charge in [0.15, 0.2) is 5.82 Å². The van der Waals surface area contributed by atoms with E-state index in [1.54, 1.807) is 13.0 Å². The van der Waals surface area contributed by atoms with E-state index in [1.807, 2.05) is 6.07 Å². The molecule has 1 N–H and O–H groups in total. The number of aryl methyl sites for hydroxylation is 1. The summed E-state index contributed by atoms with van der Waals surface area (Å²) < 4.78 is 6.09. The van der Waals surface area contributed by atoms with Crippen molar-refractivity contribution < 1.29 is 9.32 Å². The van der Waals surface area contributed by atoms with E-state index in [2.05, 4.69) is 54.4 Å². The zero-order valence-corrected chi connectivity index (χ0v) is 15.3. The number of aromatic nitrogens is 1. The Bertz CT molecular complexity index is 695. The lowest BCUT2D eigenvalue weighted by molar-refractivity contribution is -0.117. The topological polar surface area (TPSA) is 61.6 Å². The van der Waals surface area contributed by atoms with Crippen molar-refractivity contribution in [1.82, 2.24) is 15.0 Å². The van der Waals surface area contributed by atoms with Gasteiger partial charge in [-0.2, -0.15) is 0 Å². The molecule has 0 bridgehead atoms. The summed E-state index contributed by atoms with van der Waals surface area (Å²) in [4.78, 5) is 16.6. The minimum atomic E-state index is -0.0532. The Kier molecular flexibility index (Phi) is 5.65. The van der Waals surface area contributed by atoms with Gasteiger partial charge in [-0.1, -0.05) is 39.3 Å². The van der Waals surface area contributed by atoms with Crippen molar-refractivity contribution in [2.45, 2.75) is 13.5 Å². The molecule has 1 fully saturated rings. The molecule has 7 heteroatoms. The smallest absolute Gasteiger partial charge is 0.239 e. The maximum absolute atomic E-state index is 12.1. The summed E-state index contributed by atoms with van der Waals surface area (Å²) in [6.45, 7) is 6.79. The lowest BCUT2D eigenvalue weighted by Gasteiger charge is -2.34. The van der Waals surface area contributed by atoms with E-state index in [0.717, 1.165) is 37.2 Å². The van der Waals surface area contributed by atoms with Gasteiger partial charge in [0.1, 0.15) is 5.76 Å². The standard InChI is InChI=1S/C17H21BrN4O2/c1-13-10-16(20-24-13)19-17(23)12-22-8-6-21(7-9-22)11-14-4-2-3-5-15(14)18/h2-5,10H,6-9,11-12H2,1H3,(H,19,20,23). The van der Waals surface area contributed by atoms with Gasteiger partial charge in [-0.25, -0.2) is 0 Å². The van der Waals surface area contributed by atoms with Gasteiger partial charge in [0.2, 0.25) is 5.91 Å². The maximum atomic E-state index is 12.1. The van der Waals surface area contributed by atoms with E-state index in [1.165, 1.54) is 5.56 Å². The van der Waals surface area contributed by atoms with Gasteiger partial charge in [-0.15, -0.1) is 0 Å². The molecule has 0 spiro atoms. The van der Waals surface area contributed by atoms with Gasteiger partial charge in [0, 0.05) is 43.3 Å². The van der Waals surface area contributed by atoms with Gasteiger partial charge in [0.05, 0.1) is 6.54 Å². The van der Waals surface area contributed by atoms with Gasteiger partial charge < -0.3 is 9.84 Å². The first kappa shape index (κ1) is 17.1. The molecule has 3 rings (SSSR count). The molecule has 1 saturated heterocycles. The van der Waals surface area contributed by atoms with Crippen molar-refractivity contribution in [3.63, 3.8) is 0 Å². The Hall–Kier alpha value is -1.70. The molecule has 0 atom stereocenters. The van der Waals surface area contributed by atoms with Crippen LogP contribution in [0.3, 0.4) is 0 Å². The number of anilines is 1. The fourth-order valence-electron chi connectivity index (χ4n) is 2.78. The first-order valence-electron chi connectivity index (χ1n) is 8.01. The van der Waals surface area contributed by atoms with Crippen LogP contribution < -0.4 is 5.32 Å². The average Bonchev–Trinajstić information content (AvgIpc) is 2.96. The molecular weight excluding hydrogens is 372 g/mol. The van der Waals surface area contributed by atoms with Crippen molar-refractivity contribution in [3.8, 4) is 0 Å². The first-order valence-corrected chi connectivity index (χ1v) is 8.81. The van der Waals surface area contributed by atoms with Gasteiger partial charge in [-0.05, 0) is 18.6 Å². The maximum Gasteiger partial charge on any atom is 0.239 e. The van der Waals surface area contributed by atoms with Crippen molar-refractivity contribution in [2.75, 3.05) is 38.0 Å². The van der Waals surface area contributed by atoms with Crippen LogP contribution in [0.2, 0.25) is 0 Å². The largest absolute Gasteiger partial charge is 0.360 e. The number of halogens is 1. The molecule has 1 aliphatic rings. The molecule has 1 aromatic carbocycles. The lowest BCUT2D eigenvalue weighted by Crippen LogP contribution is -2.48. The van der Waals surface area contributed by atoms with Crippen LogP contribution in [0, 0.1) is 6.92 Å². The number of benzene rings is 1. The SMILES string of the molecule is Cc1cc(NC(=O)CN2CCN(Cc3ccccc3Br)CC2)no1. The van der Waals surface area contributed by atoms with Crippen LogP contribution in [-0.4, -0.2) is 53.6 Å². The number of piperazine rings is 1. The minimum Gasteiger partial charge on any atom is -0.360 e. The molecule has 1 aromatic heterocycles. The summed E-state index contributed by atoms with van der Waals surface area (Å²) in [6.07, 6.45) is 0. The highest BCUT2D eigenvalue weighted by molar-refractivity contribution is 9.10. The van der Waals surface area contributed by atoms with E-state index < -0.39 is 0 Å². The quantitative estimate of drug-likeness (QED) is 0.846.